The van der Waals surface area contributed by atoms with Crippen LogP contribution in [0.1, 0.15) is 4.88 Å². The number of hydrogen-bond acceptors (Lipinski definition) is 4. The van der Waals surface area contributed by atoms with E-state index >= 15 is 0 Å². The smallest absolute Gasteiger partial charge is 0.308 e. The lowest BCUT2D eigenvalue weighted by molar-refractivity contribution is -0.136. The van der Waals surface area contributed by atoms with Gasteiger partial charge in [-0.25, -0.2) is 0 Å². The molecule has 0 unspecified atom stereocenters. The molecule has 5 heteroatoms. The standard InChI is InChI=1S/C7H6O4S/c8-4-11-7-2-1-5(12-7)3-6(9)10/h1-2,4H,3H2,(H,9,10). The normalized spacial score (nSPS) is 9.33. The number of hydrogen-bond donors (Lipinski definition) is 1. The molecular formula is C7H6O4S. The van der Waals surface area contributed by atoms with Gasteiger partial charge in [-0.15, -0.1) is 11.3 Å². The van der Waals surface area contributed by atoms with E-state index in [1.807, 2.05) is 0 Å². The zero-order chi connectivity index (χ0) is 8.97. The molecule has 12 heavy (non-hydrogen) atoms. The van der Waals surface area contributed by atoms with Gasteiger partial charge in [0.25, 0.3) is 6.47 Å². The highest BCUT2D eigenvalue weighted by atomic mass is 32.1. The molecule has 0 amide bonds. The van der Waals surface area contributed by atoms with Crippen molar-refractivity contribution in [2.24, 2.45) is 0 Å². The zero-order valence-corrected chi connectivity index (χ0v) is 6.84. The van der Waals surface area contributed by atoms with Crippen LogP contribution < -0.4 is 4.74 Å². The van der Waals surface area contributed by atoms with E-state index in [-0.39, 0.29) is 6.42 Å². The van der Waals surface area contributed by atoms with Gasteiger partial charge in [0.2, 0.25) is 0 Å². The Kier molecular flexibility index (Phi) is 2.82. The van der Waals surface area contributed by atoms with E-state index in [1.54, 1.807) is 12.1 Å². The molecular weight excluding hydrogens is 180 g/mol. The van der Waals surface area contributed by atoms with Crippen LogP contribution in [0.5, 0.6) is 5.06 Å². The third-order valence-corrected chi connectivity index (χ3v) is 2.10. The lowest BCUT2D eigenvalue weighted by Crippen LogP contribution is -1.96. The second-order valence-electron chi connectivity index (χ2n) is 2.01. The molecule has 0 atom stereocenters. The quantitative estimate of drug-likeness (QED) is 0.710. The summed E-state index contributed by atoms with van der Waals surface area (Å²) < 4.78 is 4.51. The molecule has 1 heterocycles. The Hall–Kier alpha value is -1.36. The Morgan fingerprint density at radius 3 is 3.00 bits per heavy atom. The van der Waals surface area contributed by atoms with Gasteiger partial charge in [0.15, 0.2) is 5.06 Å². The fraction of sp³-hybridized carbons (Fsp3) is 0.143. The Bertz CT molecular complexity index is 291. The van der Waals surface area contributed by atoms with Crippen molar-refractivity contribution in [3.05, 3.63) is 17.0 Å². The number of ether oxygens (including phenoxy) is 1. The summed E-state index contributed by atoms with van der Waals surface area (Å²) in [5, 5.41) is 8.82. The Labute approximate surface area is 72.4 Å². The minimum Gasteiger partial charge on any atom is -0.481 e. The van der Waals surface area contributed by atoms with Gasteiger partial charge in [0.1, 0.15) is 0 Å². The van der Waals surface area contributed by atoms with E-state index in [2.05, 4.69) is 4.74 Å². The molecule has 0 aromatic carbocycles. The van der Waals surface area contributed by atoms with E-state index in [0.717, 1.165) is 11.3 Å². The summed E-state index contributed by atoms with van der Waals surface area (Å²) in [7, 11) is 0. The van der Waals surface area contributed by atoms with Crippen molar-refractivity contribution in [2.75, 3.05) is 0 Å². The van der Waals surface area contributed by atoms with Crippen LogP contribution in [0.4, 0.5) is 0 Å². The molecule has 64 valence electrons. The fourth-order valence-corrected chi connectivity index (χ4v) is 1.53. The van der Waals surface area contributed by atoms with Crippen molar-refractivity contribution >= 4 is 23.8 Å². The topological polar surface area (TPSA) is 63.6 Å². The number of thiophene rings is 1. The van der Waals surface area contributed by atoms with Gasteiger partial charge in [-0.3, -0.25) is 9.59 Å². The summed E-state index contributed by atoms with van der Waals surface area (Å²) in [5.41, 5.74) is 0. The van der Waals surface area contributed by atoms with Crippen molar-refractivity contribution in [3.63, 3.8) is 0 Å². The Morgan fingerprint density at radius 2 is 2.42 bits per heavy atom. The summed E-state index contributed by atoms with van der Waals surface area (Å²) >= 11 is 1.15. The molecule has 0 aliphatic heterocycles. The molecule has 4 nitrogen and oxygen atoms in total. The molecule has 0 radical (unpaired) electrons. The van der Waals surface area contributed by atoms with Crippen LogP contribution in [0.2, 0.25) is 0 Å². The second-order valence-corrected chi connectivity index (χ2v) is 3.14. The van der Waals surface area contributed by atoms with Gasteiger partial charge in [-0.05, 0) is 12.1 Å². The first kappa shape index (κ1) is 8.73. The van der Waals surface area contributed by atoms with Crippen LogP contribution in [0.15, 0.2) is 12.1 Å². The van der Waals surface area contributed by atoms with Gasteiger partial charge in [0.05, 0.1) is 6.42 Å². The van der Waals surface area contributed by atoms with Gasteiger partial charge in [-0.2, -0.15) is 0 Å². The maximum atomic E-state index is 10.2. The van der Waals surface area contributed by atoms with E-state index in [4.69, 9.17) is 5.11 Å². The third kappa shape index (κ3) is 2.35. The van der Waals surface area contributed by atoms with Crippen molar-refractivity contribution in [2.45, 2.75) is 6.42 Å². The zero-order valence-electron chi connectivity index (χ0n) is 6.02. The minimum absolute atomic E-state index is 0.0348. The number of rotatable bonds is 4. The van der Waals surface area contributed by atoms with Gasteiger partial charge in [-0.1, -0.05) is 0 Å². The van der Waals surface area contributed by atoms with Crippen molar-refractivity contribution in [1.82, 2.24) is 0 Å². The first-order chi connectivity index (χ1) is 5.72. The molecule has 1 N–H and O–H groups in total. The second kappa shape index (κ2) is 3.87. The summed E-state index contributed by atoms with van der Waals surface area (Å²) in [6, 6.07) is 3.19. The van der Waals surface area contributed by atoms with Crippen molar-refractivity contribution in [3.8, 4) is 5.06 Å². The van der Waals surface area contributed by atoms with Gasteiger partial charge < -0.3 is 9.84 Å². The lowest BCUT2D eigenvalue weighted by Gasteiger charge is -1.88. The van der Waals surface area contributed by atoms with Gasteiger partial charge in [0, 0.05) is 4.88 Å². The first-order valence-corrected chi connectivity index (χ1v) is 3.95. The summed E-state index contributed by atoms with van der Waals surface area (Å²) in [4.78, 5) is 20.8. The average molecular weight is 186 g/mol. The maximum Gasteiger partial charge on any atom is 0.308 e. The summed E-state index contributed by atoms with van der Waals surface area (Å²) in [5.74, 6) is -0.894. The highest BCUT2D eigenvalue weighted by Crippen LogP contribution is 2.23. The van der Waals surface area contributed by atoms with Crippen LogP contribution in [0, 0.1) is 0 Å². The Balaban J connectivity index is 2.63. The van der Waals surface area contributed by atoms with Crippen LogP contribution in [-0.4, -0.2) is 17.5 Å². The molecule has 1 aromatic rings. The predicted molar refractivity (Wildman–Crippen MR) is 42.4 cm³/mol. The minimum atomic E-state index is -0.894. The van der Waals surface area contributed by atoms with Crippen molar-refractivity contribution < 1.29 is 19.4 Å². The van der Waals surface area contributed by atoms with Crippen LogP contribution in [0.3, 0.4) is 0 Å². The molecule has 0 fully saturated rings. The molecule has 0 aliphatic rings. The van der Waals surface area contributed by atoms with Crippen LogP contribution >= 0.6 is 11.3 Å². The SMILES string of the molecule is O=COc1ccc(CC(=O)O)s1. The monoisotopic (exact) mass is 186 g/mol. The number of carbonyl (C=O) groups excluding carboxylic acids is 1. The molecule has 0 saturated heterocycles. The molecule has 0 spiro atoms. The predicted octanol–water partition coefficient (Wildman–Crippen LogP) is 0.910. The summed E-state index contributed by atoms with van der Waals surface area (Å²) in [6.07, 6.45) is -0.0348. The average Bonchev–Trinajstić information content (AvgIpc) is 2.36. The molecule has 1 aromatic heterocycles. The van der Waals surface area contributed by atoms with E-state index in [1.165, 1.54) is 0 Å². The van der Waals surface area contributed by atoms with E-state index in [9.17, 15) is 9.59 Å². The fourth-order valence-electron chi connectivity index (χ4n) is 0.713. The van der Waals surface area contributed by atoms with Crippen molar-refractivity contribution in [1.29, 1.82) is 0 Å². The highest BCUT2D eigenvalue weighted by molar-refractivity contribution is 7.14. The van der Waals surface area contributed by atoms with E-state index in [0.29, 0.717) is 16.4 Å². The van der Waals surface area contributed by atoms with Gasteiger partial charge >= 0.3 is 5.97 Å². The summed E-state index contributed by atoms with van der Waals surface area (Å²) in [6.45, 7) is 0.316. The van der Waals surface area contributed by atoms with E-state index < -0.39 is 5.97 Å². The molecule has 0 aliphatic carbocycles. The Morgan fingerprint density at radius 1 is 1.67 bits per heavy atom. The lowest BCUT2D eigenvalue weighted by atomic mass is 10.3. The number of aliphatic carboxylic acids is 1. The van der Waals surface area contributed by atoms with Crippen LogP contribution in [-0.2, 0) is 16.0 Å². The molecule has 1 rings (SSSR count). The molecule has 0 bridgehead atoms. The number of carbonyl (C=O) groups is 2. The third-order valence-electron chi connectivity index (χ3n) is 1.13. The number of carboxylic acid groups (broad SMARTS) is 1. The maximum absolute atomic E-state index is 10.2. The highest BCUT2D eigenvalue weighted by Gasteiger charge is 2.04. The number of carboxylic acids is 1. The largest absolute Gasteiger partial charge is 0.481 e. The molecule has 0 saturated carbocycles. The first-order valence-electron chi connectivity index (χ1n) is 3.13. The van der Waals surface area contributed by atoms with Crippen LogP contribution in [0.25, 0.3) is 0 Å².